The van der Waals surface area contributed by atoms with Crippen molar-refractivity contribution in [2.24, 2.45) is 0 Å². The maximum absolute atomic E-state index is 13.2. The first-order chi connectivity index (χ1) is 11.8. The zero-order chi connectivity index (χ0) is 18.2. The fourth-order valence-electron chi connectivity index (χ4n) is 3.40. The molecule has 0 saturated carbocycles. The Balaban J connectivity index is 2.01. The van der Waals surface area contributed by atoms with Crippen molar-refractivity contribution in [2.75, 3.05) is 6.54 Å². The monoisotopic (exact) mass is 368 g/mol. The summed E-state index contributed by atoms with van der Waals surface area (Å²) in [5.74, 6) is -0.567. The molecule has 3 nitrogen and oxygen atoms in total. The summed E-state index contributed by atoms with van der Waals surface area (Å²) in [6, 6.07) is 4.70. The Bertz CT molecular complexity index is 785. The second kappa shape index (κ2) is 6.78. The quantitative estimate of drug-likeness (QED) is 0.777. The summed E-state index contributed by atoms with van der Waals surface area (Å²) < 4.78 is 39.6. The van der Waals surface area contributed by atoms with E-state index in [1.165, 1.54) is 11.3 Å². The van der Waals surface area contributed by atoms with Crippen LogP contribution in [0.15, 0.2) is 24.4 Å². The SMILES string of the molecule is Cc1cc(C(=O)N(CC(F)(F)F)[C@@H]2CCCc3cccnc32)c(C)s1. The summed E-state index contributed by atoms with van der Waals surface area (Å²) >= 11 is 1.42. The third kappa shape index (κ3) is 3.86. The van der Waals surface area contributed by atoms with Gasteiger partial charge in [0, 0.05) is 16.0 Å². The highest BCUT2D eigenvalue weighted by Crippen LogP contribution is 2.36. The van der Waals surface area contributed by atoms with Gasteiger partial charge < -0.3 is 4.90 Å². The van der Waals surface area contributed by atoms with Gasteiger partial charge in [0.25, 0.3) is 5.91 Å². The number of aryl methyl sites for hydroxylation is 3. The molecule has 0 unspecified atom stereocenters. The van der Waals surface area contributed by atoms with Crippen LogP contribution in [0.2, 0.25) is 0 Å². The topological polar surface area (TPSA) is 33.2 Å². The Morgan fingerprint density at radius 1 is 1.40 bits per heavy atom. The van der Waals surface area contributed by atoms with Crippen LogP contribution in [0, 0.1) is 13.8 Å². The molecule has 2 aromatic heterocycles. The van der Waals surface area contributed by atoms with Gasteiger partial charge in [0.1, 0.15) is 6.54 Å². The van der Waals surface area contributed by atoms with Crippen LogP contribution in [-0.4, -0.2) is 28.5 Å². The minimum absolute atomic E-state index is 0.356. The van der Waals surface area contributed by atoms with Crippen LogP contribution in [-0.2, 0) is 6.42 Å². The van der Waals surface area contributed by atoms with Crippen LogP contribution in [0.25, 0.3) is 0 Å². The van der Waals surface area contributed by atoms with Crippen molar-refractivity contribution >= 4 is 17.2 Å². The molecule has 1 atom stereocenters. The van der Waals surface area contributed by atoms with Gasteiger partial charge in [0.15, 0.2) is 0 Å². The van der Waals surface area contributed by atoms with E-state index in [1.807, 2.05) is 13.0 Å². The summed E-state index contributed by atoms with van der Waals surface area (Å²) in [6.07, 6.45) is -0.862. The number of alkyl halides is 3. The lowest BCUT2D eigenvalue weighted by atomic mass is 9.90. The molecule has 0 bridgehead atoms. The number of nitrogens with zero attached hydrogens (tertiary/aromatic N) is 2. The van der Waals surface area contributed by atoms with E-state index in [9.17, 15) is 18.0 Å². The highest BCUT2D eigenvalue weighted by Gasteiger charge is 2.39. The Hall–Kier alpha value is -1.89. The van der Waals surface area contributed by atoms with Crippen LogP contribution >= 0.6 is 11.3 Å². The maximum Gasteiger partial charge on any atom is 0.406 e. The lowest BCUT2D eigenvalue weighted by Crippen LogP contribution is -2.43. The predicted molar refractivity (Wildman–Crippen MR) is 90.8 cm³/mol. The van der Waals surface area contributed by atoms with Crippen molar-refractivity contribution in [2.45, 2.75) is 45.3 Å². The molecule has 0 aromatic carbocycles. The number of thiophene rings is 1. The fraction of sp³-hybridized carbons (Fsp3) is 0.444. The number of halogens is 3. The number of carbonyl (C=O) groups excluding carboxylic acids is 1. The van der Waals surface area contributed by atoms with Crippen LogP contribution < -0.4 is 0 Å². The normalized spacial score (nSPS) is 17.2. The number of pyridine rings is 1. The van der Waals surface area contributed by atoms with Crippen molar-refractivity contribution in [3.63, 3.8) is 0 Å². The highest BCUT2D eigenvalue weighted by molar-refractivity contribution is 7.12. The molecule has 2 heterocycles. The van der Waals surface area contributed by atoms with Crippen LogP contribution in [0.3, 0.4) is 0 Å². The minimum Gasteiger partial charge on any atom is -0.321 e. The van der Waals surface area contributed by atoms with Gasteiger partial charge in [-0.2, -0.15) is 13.2 Å². The number of amides is 1. The van der Waals surface area contributed by atoms with Crippen LogP contribution in [0.5, 0.6) is 0 Å². The first-order valence-electron chi connectivity index (χ1n) is 8.15. The number of rotatable bonds is 3. The van der Waals surface area contributed by atoms with Gasteiger partial charge in [-0.15, -0.1) is 11.3 Å². The van der Waals surface area contributed by atoms with E-state index >= 15 is 0 Å². The van der Waals surface area contributed by atoms with Crippen LogP contribution in [0.1, 0.15) is 50.3 Å². The van der Waals surface area contributed by atoms with Gasteiger partial charge >= 0.3 is 6.18 Å². The summed E-state index contributed by atoms with van der Waals surface area (Å²) in [4.78, 5) is 19.9. The predicted octanol–water partition coefficient (Wildman–Crippen LogP) is 4.84. The number of hydrogen-bond donors (Lipinski definition) is 0. The highest BCUT2D eigenvalue weighted by atomic mass is 32.1. The summed E-state index contributed by atoms with van der Waals surface area (Å²) in [7, 11) is 0. The molecule has 0 aliphatic heterocycles. The van der Waals surface area contributed by atoms with Crippen molar-refractivity contribution in [3.8, 4) is 0 Å². The van der Waals surface area contributed by atoms with Gasteiger partial charge in [0.2, 0.25) is 0 Å². The van der Waals surface area contributed by atoms with E-state index < -0.39 is 24.7 Å². The molecule has 1 aliphatic carbocycles. The molecule has 1 aliphatic rings. The van der Waals surface area contributed by atoms with Gasteiger partial charge in [-0.05, 0) is 50.8 Å². The summed E-state index contributed by atoms with van der Waals surface area (Å²) in [6.45, 7) is 2.35. The Kier molecular flexibility index (Phi) is 4.86. The van der Waals surface area contributed by atoms with Gasteiger partial charge in [0.05, 0.1) is 17.3 Å². The number of hydrogen-bond acceptors (Lipinski definition) is 3. The smallest absolute Gasteiger partial charge is 0.321 e. The molecule has 134 valence electrons. The summed E-state index contributed by atoms with van der Waals surface area (Å²) in [5.41, 5.74) is 1.88. The zero-order valence-electron chi connectivity index (χ0n) is 14.1. The van der Waals surface area contributed by atoms with Gasteiger partial charge in [-0.1, -0.05) is 6.07 Å². The molecule has 7 heteroatoms. The molecular formula is C18H19F3N2OS. The largest absolute Gasteiger partial charge is 0.406 e. The van der Waals surface area contributed by atoms with E-state index in [1.54, 1.807) is 25.3 Å². The minimum atomic E-state index is -4.46. The summed E-state index contributed by atoms with van der Waals surface area (Å²) in [5, 5.41) is 0. The molecule has 0 spiro atoms. The van der Waals surface area contributed by atoms with Crippen molar-refractivity contribution in [3.05, 3.63) is 51.0 Å². The number of carbonyl (C=O) groups is 1. The lowest BCUT2D eigenvalue weighted by Gasteiger charge is -2.35. The Labute approximate surface area is 148 Å². The Morgan fingerprint density at radius 3 is 2.80 bits per heavy atom. The standard InChI is InChI=1S/C18H19F3N2OS/c1-11-9-14(12(2)25-11)17(24)23(10-18(19,20)21)15-7-3-5-13-6-4-8-22-16(13)15/h4,6,8-9,15H,3,5,7,10H2,1-2H3/t15-/m1/s1. The van der Waals surface area contributed by atoms with E-state index in [4.69, 9.17) is 0 Å². The maximum atomic E-state index is 13.2. The number of aromatic nitrogens is 1. The van der Waals surface area contributed by atoms with E-state index in [0.29, 0.717) is 17.7 Å². The average Bonchev–Trinajstić information content (AvgIpc) is 2.89. The van der Waals surface area contributed by atoms with Crippen molar-refractivity contribution in [1.82, 2.24) is 9.88 Å². The fourth-order valence-corrected chi connectivity index (χ4v) is 4.32. The van der Waals surface area contributed by atoms with E-state index in [0.717, 1.165) is 33.1 Å². The average molecular weight is 368 g/mol. The van der Waals surface area contributed by atoms with Gasteiger partial charge in [-0.3, -0.25) is 9.78 Å². The van der Waals surface area contributed by atoms with E-state index in [-0.39, 0.29) is 0 Å². The third-order valence-electron chi connectivity index (χ3n) is 4.42. The van der Waals surface area contributed by atoms with Crippen molar-refractivity contribution < 1.29 is 18.0 Å². The molecule has 1 amide bonds. The Morgan fingerprint density at radius 2 is 2.16 bits per heavy atom. The van der Waals surface area contributed by atoms with Gasteiger partial charge in [-0.25, -0.2) is 0 Å². The van der Waals surface area contributed by atoms with Crippen LogP contribution in [0.4, 0.5) is 13.2 Å². The molecule has 25 heavy (non-hydrogen) atoms. The van der Waals surface area contributed by atoms with E-state index in [2.05, 4.69) is 4.98 Å². The molecule has 2 aromatic rings. The second-order valence-corrected chi connectivity index (χ2v) is 7.79. The first-order valence-corrected chi connectivity index (χ1v) is 8.96. The molecule has 3 rings (SSSR count). The third-order valence-corrected chi connectivity index (χ3v) is 5.39. The molecular weight excluding hydrogens is 349 g/mol. The second-order valence-electron chi connectivity index (χ2n) is 6.33. The molecule has 0 saturated heterocycles. The zero-order valence-corrected chi connectivity index (χ0v) is 14.9. The molecule has 0 N–H and O–H groups in total. The van der Waals surface area contributed by atoms with Crippen molar-refractivity contribution in [1.29, 1.82) is 0 Å². The first kappa shape index (κ1) is 17.9. The molecule has 0 fully saturated rings. The molecule has 0 radical (unpaired) electrons. The lowest BCUT2D eigenvalue weighted by molar-refractivity contribution is -0.145. The number of fused-ring (bicyclic) bond motifs is 1.